The van der Waals surface area contributed by atoms with Crippen LogP contribution in [0.1, 0.15) is 12.8 Å². The van der Waals surface area contributed by atoms with Gasteiger partial charge in [-0.25, -0.2) is 4.52 Å². The third-order valence-corrected chi connectivity index (χ3v) is 2.26. The molecule has 0 aliphatic carbocycles. The van der Waals surface area contributed by atoms with Crippen LogP contribution in [0.4, 0.5) is 0 Å². The smallest absolute Gasteiger partial charge is 0.234 e. The lowest BCUT2D eigenvalue weighted by Gasteiger charge is -1.94. The maximum Gasteiger partial charge on any atom is 0.747 e. The minimum Gasteiger partial charge on any atom is -0.234 e. The Labute approximate surface area is 89.4 Å². The van der Waals surface area contributed by atoms with Gasteiger partial charge < -0.3 is 0 Å². The highest BCUT2D eigenvalue weighted by Gasteiger charge is 2.15. The van der Waals surface area contributed by atoms with Crippen molar-refractivity contribution in [1.82, 2.24) is 0 Å². The lowest BCUT2D eigenvalue weighted by Crippen LogP contribution is -1.87. The second-order valence-electron chi connectivity index (χ2n) is 1.92. The van der Waals surface area contributed by atoms with Gasteiger partial charge in [-0.05, 0) is 12.5 Å². The highest BCUT2D eigenvalue weighted by molar-refractivity contribution is 9.09. The Morgan fingerprint density at radius 3 is 2.58 bits per heavy atom. The fourth-order valence-corrected chi connectivity index (χ4v) is 1.58. The van der Waals surface area contributed by atoms with Crippen LogP contribution in [0.5, 0.6) is 0 Å². The van der Waals surface area contributed by atoms with Crippen LogP contribution in [-0.2, 0) is 9.09 Å². The van der Waals surface area contributed by atoms with Gasteiger partial charge in [0.05, 0.1) is 0 Å². The Morgan fingerprint density at radius 1 is 1.50 bits per heavy atom. The van der Waals surface area contributed by atoms with Crippen LogP contribution in [0.2, 0.25) is 0 Å². The van der Waals surface area contributed by atoms with E-state index in [0.717, 1.165) is 17.1 Å². The van der Waals surface area contributed by atoms with Gasteiger partial charge in [0.2, 0.25) is 0 Å². The molecule has 0 aromatic carbocycles. The van der Waals surface area contributed by atoms with Crippen molar-refractivity contribution in [2.75, 3.05) is 10.7 Å². The molecule has 0 saturated carbocycles. The Hall–Kier alpha value is 0.560. The molecule has 1 unspecified atom stereocenters. The van der Waals surface area contributed by atoms with Crippen molar-refractivity contribution in [1.29, 1.82) is 0 Å². The molecule has 0 aliphatic rings. The van der Waals surface area contributed by atoms with Crippen molar-refractivity contribution < 1.29 is 14.0 Å². The third kappa shape index (κ3) is 7.22. The summed E-state index contributed by atoms with van der Waals surface area (Å²) >= 11 is 6.47. The van der Waals surface area contributed by atoms with Crippen LogP contribution in [0.3, 0.4) is 0 Å². The number of allylic oxidation sites excluding steroid dienone is 2. The van der Waals surface area contributed by atoms with Crippen molar-refractivity contribution in [3.8, 4) is 0 Å². The normalized spacial score (nSPS) is 12.9. The number of halogens is 2. The van der Waals surface area contributed by atoms with E-state index in [9.17, 15) is 4.57 Å². The summed E-state index contributed by atoms with van der Waals surface area (Å²) in [5, 5.41) is 1.55. The van der Waals surface area contributed by atoms with Crippen molar-refractivity contribution >= 4 is 40.1 Å². The first kappa shape index (κ1) is 12.6. The van der Waals surface area contributed by atoms with Crippen LogP contribution in [0.25, 0.3) is 0 Å². The zero-order chi connectivity index (χ0) is 9.40. The van der Waals surface area contributed by atoms with E-state index in [1.165, 1.54) is 0 Å². The molecule has 0 aliphatic heterocycles. The predicted molar refractivity (Wildman–Crippen MR) is 55.8 cm³/mol. The molecule has 0 spiro atoms. The van der Waals surface area contributed by atoms with Gasteiger partial charge in [-0.1, -0.05) is 31.9 Å². The monoisotopic (exact) mass is 319 g/mol. The Kier molecular flexibility index (Phi) is 8.55. The fourth-order valence-electron chi connectivity index (χ4n) is 0.594. The summed E-state index contributed by atoms with van der Waals surface area (Å²) in [6, 6.07) is 0. The van der Waals surface area contributed by atoms with Crippen LogP contribution < -0.4 is 0 Å². The average molecular weight is 321 g/mol. The standard InChI is InChI=1S/C6H9Br2O3P/c7-4-1-2-6(3-5-8)11-12(9)10/h2H,1,3-5H2/p+1. The van der Waals surface area contributed by atoms with E-state index in [4.69, 9.17) is 4.89 Å². The van der Waals surface area contributed by atoms with Crippen molar-refractivity contribution in [3.05, 3.63) is 11.8 Å². The van der Waals surface area contributed by atoms with Gasteiger partial charge in [0.15, 0.2) is 5.76 Å². The zero-order valence-electron chi connectivity index (χ0n) is 6.37. The van der Waals surface area contributed by atoms with E-state index in [2.05, 4.69) is 36.4 Å². The summed E-state index contributed by atoms with van der Waals surface area (Å²) < 4.78 is 15.0. The summed E-state index contributed by atoms with van der Waals surface area (Å²) in [5.74, 6) is 0.565. The second kappa shape index (κ2) is 8.17. The van der Waals surface area contributed by atoms with Gasteiger partial charge in [-0.3, -0.25) is 0 Å². The first-order valence-corrected chi connectivity index (χ1v) is 6.73. The molecule has 0 amide bonds. The summed E-state index contributed by atoms with van der Waals surface area (Å²) in [6.07, 6.45) is 3.24. The third-order valence-electron chi connectivity index (χ3n) is 1.02. The average Bonchev–Trinajstić information content (AvgIpc) is 2.00. The molecule has 0 fully saturated rings. The molecule has 0 heterocycles. The number of rotatable bonds is 6. The van der Waals surface area contributed by atoms with Crippen molar-refractivity contribution in [2.45, 2.75) is 12.8 Å². The highest BCUT2D eigenvalue weighted by atomic mass is 79.9. The van der Waals surface area contributed by atoms with E-state index in [-0.39, 0.29) is 0 Å². The predicted octanol–water partition coefficient (Wildman–Crippen LogP) is 3.11. The molecule has 0 aromatic heterocycles. The van der Waals surface area contributed by atoms with Gasteiger partial charge in [0.25, 0.3) is 0 Å². The van der Waals surface area contributed by atoms with Crippen LogP contribution in [0.15, 0.2) is 11.8 Å². The SMILES string of the molecule is O=[P+](O)OC(=CCCBr)CCBr. The first-order chi connectivity index (χ1) is 5.70. The number of hydrogen-bond acceptors (Lipinski definition) is 2. The van der Waals surface area contributed by atoms with Gasteiger partial charge in [-0.2, -0.15) is 0 Å². The molecule has 6 heteroatoms. The van der Waals surface area contributed by atoms with E-state index < -0.39 is 8.25 Å². The van der Waals surface area contributed by atoms with E-state index in [1.54, 1.807) is 6.08 Å². The fraction of sp³-hybridized carbons (Fsp3) is 0.667. The summed E-state index contributed by atoms with van der Waals surface area (Å²) in [7, 11) is -2.52. The van der Waals surface area contributed by atoms with E-state index >= 15 is 0 Å². The Morgan fingerprint density at radius 2 is 2.17 bits per heavy atom. The minimum absolute atomic E-state index is 0.565. The summed E-state index contributed by atoms with van der Waals surface area (Å²) in [4.78, 5) is 8.47. The van der Waals surface area contributed by atoms with Crippen LogP contribution in [0, 0.1) is 0 Å². The molecular formula is C6H10Br2O3P+. The summed E-state index contributed by atoms with van der Waals surface area (Å²) in [5.41, 5.74) is 0. The second-order valence-corrected chi connectivity index (χ2v) is 4.16. The number of alkyl halides is 2. The molecule has 0 rings (SSSR count). The quantitative estimate of drug-likeness (QED) is 0.465. The summed E-state index contributed by atoms with van der Waals surface area (Å²) in [6.45, 7) is 0. The molecular weight excluding hydrogens is 311 g/mol. The maximum atomic E-state index is 10.3. The molecule has 1 N–H and O–H groups in total. The molecule has 0 radical (unpaired) electrons. The van der Waals surface area contributed by atoms with E-state index in [0.29, 0.717) is 12.2 Å². The molecule has 3 nitrogen and oxygen atoms in total. The first-order valence-electron chi connectivity index (χ1n) is 3.35. The van der Waals surface area contributed by atoms with Crippen molar-refractivity contribution in [2.24, 2.45) is 0 Å². The van der Waals surface area contributed by atoms with Gasteiger partial charge in [-0.15, -0.1) is 4.89 Å². The lowest BCUT2D eigenvalue weighted by atomic mass is 10.3. The maximum absolute atomic E-state index is 10.3. The molecule has 12 heavy (non-hydrogen) atoms. The Bertz CT molecular complexity index is 172. The zero-order valence-corrected chi connectivity index (χ0v) is 10.4. The molecule has 70 valence electrons. The molecule has 1 atom stereocenters. The molecule has 0 bridgehead atoms. The topological polar surface area (TPSA) is 46.5 Å². The lowest BCUT2D eigenvalue weighted by molar-refractivity contribution is 0.343. The van der Waals surface area contributed by atoms with Crippen LogP contribution in [-0.4, -0.2) is 15.6 Å². The largest absolute Gasteiger partial charge is 0.747 e. The van der Waals surface area contributed by atoms with Crippen LogP contribution >= 0.6 is 40.1 Å². The van der Waals surface area contributed by atoms with Gasteiger partial charge in [0.1, 0.15) is 0 Å². The minimum atomic E-state index is -2.52. The van der Waals surface area contributed by atoms with Gasteiger partial charge >= 0.3 is 8.25 Å². The van der Waals surface area contributed by atoms with Crippen molar-refractivity contribution in [3.63, 3.8) is 0 Å². The molecule has 0 aromatic rings. The highest BCUT2D eigenvalue weighted by Crippen LogP contribution is 2.23. The number of hydrogen-bond donors (Lipinski definition) is 1. The Balaban J connectivity index is 3.93. The van der Waals surface area contributed by atoms with Gasteiger partial charge in [0, 0.05) is 21.6 Å². The van der Waals surface area contributed by atoms with E-state index in [1.807, 2.05) is 0 Å². The molecule has 0 saturated heterocycles.